The Morgan fingerprint density at radius 1 is 1.29 bits per heavy atom. The first-order valence-electron chi connectivity index (χ1n) is 6.44. The largest absolute Gasteiger partial charge is 0.478 e. The van der Waals surface area contributed by atoms with Gasteiger partial charge in [0.2, 0.25) is 0 Å². The number of nitrogens with one attached hydrogen (secondary N) is 1. The van der Waals surface area contributed by atoms with Crippen LogP contribution in [0.4, 0.5) is 11.5 Å². The fourth-order valence-electron chi connectivity index (χ4n) is 2.31. The van der Waals surface area contributed by atoms with Crippen LogP contribution in [-0.4, -0.2) is 25.8 Å². The zero-order chi connectivity index (χ0) is 15.0. The van der Waals surface area contributed by atoms with Crippen LogP contribution in [0.15, 0.2) is 36.7 Å². The van der Waals surface area contributed by atoms with Crippen LogP contribution in [0.3, 0.4) is 0 Å². The first kappa shape index (κ1) is 13.1. The predicted molar refractivity (Wildman–Crippen MR) is 79.9 cm³/mol. The molecular formula is C15H14N4O2. The molecule has 0 aliphatic heterocycles. The number of carboxylic acids is 1. The molecule has 0 aliphatic carbocycles. The minimum absolute atomic E-state index is 0.194. The number of carboxylic acid groups (broad SMARTS) is 1. The Hall–Kier alpha value is -2.89. The van der Waals surface area contributed by atoms with E-state index in [1.807, 2.05) is 38.4 Å². The zero-order valence-corrected chi connectivity index (χ0v) is 11.7. The molecule has 21 heavy (non-hydrogen) atoms. The maximum absolute atomic E-state index is 11.3. The molecule has 0 saturated carbocycles. The number of pyridine rings is 1. The van der Waals surface area contributed by atoms with E-state index in [0.717, 1.165) is 16.8 Å². The van der Waals surface area contributed by atoms with Crippen molar-refractivity contribution in [2.24, 2.45) is 7.05 Å². The molecule has 0 amide bonds. The summed E-state index contributed by atoms with van der Waals surface area (Å²) in [6.45, 7) is 1.90. The number of aryl methyl sites for hydroxylation is 2. The summed E-state index contributed by atoms with van der Waals surface area (Å²) in [5, 5.41) is 18.1. The molecule has 0 radical (unpaired) electrons. The molecule has 0 bridgehead atoms. The second kappa shape index (κ2) is 4.90. The van der Waals surface area contributed by atoms with Crippen molar-refractivity contribution in [3.63, 3.8) is 0 Å². The number of aromatic nitrogens is 3. The number of nitrogens with zero attached hydrogens (tertiary/aromatic N) is 3. The van der Waals surface area contributed by atoms with Gasteiger partial charge in [0.05, 0.1) is 16.9 Å². The molecule has 1 aromatic carbocycles. The molecule has 2 N–H and O–H groups in total. The highest BCUT2D eigenvalue weighted by Crippen LogP contribution is 2.27. The van der Waals surface area contributed by atoms with Crippen molar-refractivity contribution in [3.8, 4) is 0 Å². The van der Waals surface area contributed by atoms with Gasteiger partial charge in [0.25, 0.3) is 0 Å². The Kier molecular flexibility index (Phi) is 3.06. The summed E-state index contributed by atoms with van der Waals surface area (Å²) in [6, 6.07) is 7.30. The van der Waals surface area contributed by atoms with Crippen LogP contribution in [0, 0.1) is 6.92 Å². The van der Waals surface area contributed by atoms with Crippen molar-refractivity contribution in [2.75, 3.05) is 5.32 Å². The second-order valence-electron chi connectivity index (χ2n) is 4.80. The van der Waals surface area contributed by atoms with Gasteiger partial charge in [-0.05, 0) is 6.92 Å². The maximum Gasteiger partial charge on any atom is 0.337 e. The van der Waals surface area contributed by atoms with Gasteiger partial charge in [-0.3, -0.25) is 4.68 Å². The molecule has 6 heteroatoms. The molecule has 106 valence electrons. The lowest BCUT2D eigenvalue weighted by atomic mass is 10.1. The van der Waals surface area contributed by atoms with E-state index in [1.165, 1.54) is 6.20 Å². The number of hydrogen-bond donors (Lipinski definition) is 2. The van der Waals surface area contributed by atoms with Crippen LogP contribution >= 0.6 is 0 Å². The SMILES string of the molecule is Cc1nn(C)cc1Nc1ncc(C(=O)O)c2ccccc12. The molecule has 3 aromatic rings. The van der Waals surface area contributed by atoms with Gasteiger partial charge in [0.1, 0.15) is 5.82 Å². The van der Waals surface area contributed by atoms with E-state index in [2.05, 4.69) is 15.4 Å². The van der Waals surface area contributed by atoms with E-state index in [1.54, 1.807) is 10.7 Å². The summed E-state index contributed by atoms with van der Waals surface area (Å²) in [4.78, 5) is 15.5. The molecule has 0 fully saturated rings. The minimum Gasteiger partial charge on any atom is -0.478 e. The van der Waals surface area contributed by atoms with Gasteiger partial charge >= 0.3 is 5.97 Å². The molecule has 0 unspecified atom stereocenters. The summed E-state index contributed by atoms with van der Waals surface area (Å²) >= 11 is 0. The van der Waals surface area contributed by atoms with Crippen LogP contribution in [0.25, 0.3) is 10.8 Å². The first-order chi connectivity index (χ1) is 10.1. The highest BCUT2D eigenvalue weighted by atomic mass is 16.4. The van der Waals surface area contributed by atoms with Crippen molar-refractivity contribution in [3.05, 3.63) is 47.9 Å². The average molecular weight is 282 g/mol. The van der Waals surface area contributed by atoms with Crippen molar-refractivity contribution in [2.45, 2.75) is 6.92 Å². The highest BCUT2D eigenvalue weighted by molar-refractivity contribution is 6.06. The van der Waals surface area contributed by atoms with Crippen molar-refractivity contribution in [1.82, 2.24) is 14.8 Å². The quantitative estimate of drug-likeness (QED) is 0.772. The number of hydrogen-bond acceptors (Lipinski definition) is 4. The van der Waals surface area contributed by atoms with Gasteiger partial charge in [0.15, 0.2) is 0 Å². The van der Waals surface area contributed by atoms with Gasteiger partial charge < -0.3 is 10.4 Å². The lowest BCUT2D eigenvalue weighted by Crippen LogP contribution is -2.02. The lowest BCUT2D eigenvalue weighted by Gasteiger charge is -2.09. The van der Waals surface area contributed by atoms with Gasteiger partial charge in [-0.1, -0.05) is 24.3 Å². The van der Waals surface area contributed by atoms with E-state index >= 15 is 0 Å². The average Bonchev–Trinajstić information content (AvgIpc) is 2.77. The third kappa shape index (κ3) is 2.31. The standard InChI is InChI=1S/C15H14N4O2/c1-9-13(8-19(2)18-9)17-14-11-6-4-3-5-10(11)12(7-16-14)15(20)21/h3-8H,1-2H3,(H,16,17)(H,20,21). The first-order valence-corrected chi connectivity index (χ1v) is 6.44. The number of rotatable bonds is 3. The summed E-state index contributed by atoms with van der Waals surface area (Å²) in [6.07, 6.45) is 3.23. The Balaban J connectivity index is 2.14. The fourth-order valence-corrected chi connectivity index (χ4v) is 2.31. The number of anilines is 2. The molecular weight excluding hydrogens is 268 g/mol. The Morgan fingerprint density at radius 2 is 2.00 bits per heavy atom. The third-order valence-corrected chi connectivity index (χ3v) is 3.29. The molecule has 3 rings (SSSR count). The van der Waals surface area contributed by atoms with E-state index in [0.29, 0.717) is 11.2 Å². The molecule has 0 aliphatic rings. The van der Waals surface area contributed by atoms with Crippen LogP contribution in [0.5, 0.6) is 0 Å². The van der Waals surface area contributed by atoms with E-state index < -0.39 is 5.97 Å². The maximum atomic E-state index is 11.3. The normalized spacial score (nSPS) is 10.8. The Labute approximate surface area is 121 Å². The molecule has 0 atom stereocenters. The summed E-state index contributed by atoms with van der Waals surface area (Å²) in [5.41, 5.74) is 1.89. The van der Waals surface area contributed by atoms with Crippen molar-refractivity contribution in [1.29, 1.82) is 0 Å². The molecule has 0 spiro atoms. The molecule has 2 aromatic heterocycles. The second-order valence-corrected chi connectivity index (χ2v) is 4.80. The van der Waals surface area contributed by atoms with Crippen LogP contribution in [-0.2, 0) is 7.05 Å². The third-order valence-electron chi connectivity index (χ3n) is 3.29. The van der Waals surface area contributed by atoms with Gasteiger partial charge in [-0.25, -0.2) is 9.78 Å². The highest BCUT2D eigenvalue weighted by Gasteiger charge is 2.13. The van der Waals surface area contributed by atoms with E-state index in [9.17, 15) is 9.90 Å². The summed E-state index contributed by atoms with van der Waals surface area (Å²) in [7, 11) is 1.84. The fraction of sp³-hybridized carbons (Fsp3) is 0.133. The number of benzene rings is 1. The monoisotopic (exact) mass is 282 g/mol. The molecule has 6 nitrogen and oxygen atoms in total. The van der Waals surface area contributed by atoms with Gasteiger partial charge in [-0.15, -0.1) is 0 Å². The molecule has 2 heterocycles. The zero-order valence-electron chi connectivity index (χ0n) is 11.7. The summed E-state index contributed by atoms with van der Waals surface area (Å²) < 4.78 is 1.71. The molecule has 0 saturated heterocycles. The van der Waals surface area contributed by atoms with Crippen LogP contribution in [0.2, 0.25) is 0 Å². The van der Waals surface area contributed by atoms with Gasteiger partial charge in [-0.2, -0.15) is 5.10 Å². The van der Waals surface area contributed by atoms with E-state index in [4.69, 9.17) is 0 Å². The van der Waals surface area contributed by atoms with Crippen molar-refractivity contribution < 1.29 is 9.90 Å². The smallest absolute Gasteiger partial charge is 0.337 e. The van der Waals surface area contributed by atoms with E-state index in [-0.39, 0.29) is 5.56 Å². The van der Waals surface area contributed by atoms with Crippen molar-refractivity contribution >= 4 is 28.2 Å². The number of aromatic carboxylic acids is 1. The Bertz CT molecular complexity index is 839. The number of fused-ring (bicyclic) bond motifs is 1. The topological polar surface area (TPSA) is 80.0 Å². The predicted octanol–water partition coefficient (Wildman–Crippen LogP) is 2.72. The minimum atomic E-state index is -0.984. The lowest BCUT2D eigenvalue weighted by molar-refractivity contribution is 0.0698. The van der Waals surface area contributed by atoms with Crippen LogP contribution in [0.1, 0.15) is 16.1 Å². The Morgan fingerprint density at radius 3 is 2.62 bits per heavy atom. The number of carbonyl (C=O) groups is 1. The van der Waals surface area contributed by atoms with Crippen LogP contribution < -0.4 is 5.32 Å². The van der Waals surface area contributed by atoms with Gasteiger partial charge in [0, 0.05) is 30.2 Å². The summed E-state index contributed by atoms with van der Waals surface area (Å²) in [5.74, 6) is -0.366.